The van der Waals surface area contributed by atoms with Gasteiger partial charge in [0.2, 0.25) is 16.9 Å². The highest BCUT2D eigenvalue weighted by Crippen LogP contribution is 2.30. The zero-order valence-electron chi connectivity index (χ0n) is 16.8. The molecule has 152 valence electrons. The number of rotatable bonds is 4. The Labute approximate surface area is 174 Å². The van der Waals surface area contributed by atoms with Gasteiger partial charge in [-0.3, -0.25) is 0 Å². The molecule has 0 unspecified atom stereocenters. The number of aromatic nitrogens is 4. The molecule has 0 spiro atoms. The first-order chi connectivity index (χ1) is 14.3. The van der Waals surface area contributed by atoms with Crippen LogP contribution in [0.4, 0.5) is 5.13 Å². The predicted molar refractivity (Wildman–Crippen MR) is 114 cm³/mol. The molecule has 5 rings (SSSR count). The van der Waals surface area contributed by atoms with Gasteiger partial charge in [-0.1, -0.05) is 18.6 Å². The van der Waals surface area contributed by atoms with Gasteiger partial charge in [0.1, 0.15) is 0 Å². The fourth-order valence-electron chi connectivity index (χ4n) is 4.37. The Kier molecular flexibility index (Phi) is 5.28. The third kappa shape index (κ3) is 4.04. The Morgan fingerprint density at radius 3 is 2.55 bits per heavy atom. The summed E-state index contributed by atoms with van der Waals surface area (Å²) in [5.74, 6) is 1.85. The van der Waals surface area contributed by atoms with Crippen LogP contribution in [0, 0.1) is 6.92 Å². The van der Waals surface area contributed by atoms with Gasteiger partial charge in [-0.2, -0.15) is 9.36 Å². The molecule has 4 heterocycles. The van der Waals surface area contributed by atoms with E-state index in [1.807, 2.05) is 24.3 Å². The van der Waals surface area contributed by atoms with Gasteiger partial charge in [-0.25, -0.2) is 0 Å². The summed E-state index contributed by atoms with van der Waals surface area (Å²) in [6.07, 6.45) is 6.57. The molecule has 0 N–H and O–H groups in total. The molecule has 0 aliphatic carbocycles. The number of nitrogens with zero attached hydrogens (tertiary/aromatic N) is 6. The number of likely N-dealkylation sites (tertiary alicyclic amines) is 1. The number of anilines is 1. The van der Waals surface area contributed by atoms with Gasteiger partial charge in [0.15, 0.2) is 5.82 Å². The average molecular weight is 411 g/mol. The van der Waals surface area contributed by atoms with Crippen molar-refractivity contribution in [3.8, 4) is 22.8 Å². The minimum absolute atomic E-state index is 0.527. The summed E-state index contributed by atoms with van der Waals surface area (Å²) in [5, 5.41) is 9.05. The lowest BCUT2D eigenvalue weighted by Crippen LogP contribution is -2.46. The zero-order valence-corrected chi connectivity index (χ0v) is 17.6. The lowest BCUT2D eigenvalue weighted by molar-refractivity contribution is 0.141. The van der Waals surface area contributed by atoms with Crippen molar-refractivity contribution >= 4 is 16.7 Å². The summed E-state index contributed by atoms with van der Waals surface area (Å²) in [4.78, 5) is 9.94. The van der Waals surface area contributed by atoms with Crippen molar-refractivity contribution in [3.05, 3.63) is 30.2 Å². The highest BCUT2D eigenvalue weighted by molar-refractivity contribution is 7.09. The molecule has 0 bridgehead atoms. The van der Waals surface area contributed by atoms with E-state index < -0.39 is 0 Å². The van der Waals surface area contributed by atoms with E-state index in [4.69, 9.17) is 9.40 Å². The fourth-order valence-corrected chi connectivity index (χ4v) is 5.11. The maximum Gasteiger partial charge on any atom is 0.247 e. The van der Waals surface area contributed by atoms with Crippen LogP contribution in [0.2, 0.25) is 0 Å². The summed E-state index contributed by atoms with van der Waals surface area (Å²) in [7, 11) is 0. The van der Waals surface area contributed by atoms with Gasteiger partial charge in [0.05, 0.1) is 0 Å². The minimum Gasteiger partial charge on any atom is -0.421 e. The zero-order chi connectivity index (χ0) is 19.6. The second-order valence-electron chi connectivity index (χ2n) is 7.92. The monoisotopic (exact) mass is 410 g/mol. The van der Waals surface area contributed by atoms with E-state index in [1.165, 1.54) is 56.7 Å². The van der Waals surface area contributed by atoms with Gasteiger partial charge in [-0.15, -0.1) is 10.2 Å². The molecule has 2 aliphatic heterocycles. The summed E-state index contributed by atoms with van der Waals surface area (Å²) in [6, 6.07) is 8.74. The van der Waals surface area contributed by atoms with Crippen LogP contribution in [-0.2, 0) is 0 Å². The van der Waals surface area contributed by atoms with Gasteiger partial charge in [0, 0.05) is 48.7 Å². The van der Waals surface area contributed by atoms with Crippen LogP contribution >= 0.6 is 11.5 Å². The quantitative estimate of drug-likeness (QED) is 0.643. The van der Waals surface area contributed by atoms with Crippen LogP contribution in [0.5, 0.6) is 0 Å². The van der Waals surface area contributed by atoms with E-state index >= 15 is 0 Å². The third-order valence-corrected chi connectivity index (χ3v) is 6.73. The minimum atomic E-state index is 0.527. The van der Waals surface area contributed by atoms with Gasteiger partial charge >= 0.3 is 0 Å². The molecule has 0 atom stereocenters. The van der Waals surface area contributed by atoms with Gasteiger partial charge in [0.25, 0.3) is 0 Å². The van der Waals surface area contributed by atoms with Crippen molar-refractivity contribution < 1.29 is 4.42 Å². The maximum absolute atomic E-state index is 5.55. The number of piperidine rings is 2. The standard InChI is InChI=1S/C21H26N6OS/c1-15-23-24-20(28-15)17-7-5-6-16(14-17)19-22-21(29-25-19)27-12-8-18(9-13-27)26-10-3-2-4-11-26/h5-7,14,18H,2-4,8-13H2,1H3. The second kappa shape index (κ2) is 8.20. The predicted octanol–water partition coefficient (Wildman–Crippen LogP) is 4.02. The maximum atomic E-state index is 5.55. The lowest BCUT2D eigenvalue weighted by atomic mass is 10.0. The molecule has 2 fully saturated rings. The molecule has 2 saturated heterocycles. The summed E-state index contributed by atoms with van der Waals surface area (Å²) >= 11 is 1.49. The largest absolute Gasteiger partial charge is 0.421 e. The molecule has 8 heteroatoms. The normalized spacial score (nSPS) is 19.0. The summed E-state index contributed by atoms with van der Waals surface area (Å²) in [5.41, 5.74) is 1.87. The molecule has 0 saturated carbocycles. The van der Waals surface area contributed by atoms with Crippen molar-refractivity contribution in [2.45, 2.75) is 45.1 Å². The Bertz CT molecular complexity index is 955. The molecule has 3 aromatic rings. The molecule has 7 nitrogen and oxygen atoms in total. The SMILES string of the molecule is Cc1nnc(-c2cccc(-c3nsc(N4CCC(N5CCCCC5)CC4)n3)c2)o1. The smallest absolute Gasteiger partial charge is 0.247 e. The summed E-state index contributed by atoms with van der Waals surface area (Å²) in [6.45, 7) is 6.49. The molecule has 29 heavy (non-hydrogen) atoms. The Morgan fingerprint density at radius 2 is 1.79 bits per heavy atom. The first kappa shape index (κ1) is 18.7. The van der Waals surface area contributed by atoms with E-state index in [0.717, 1.165) is 41.2 Å². The third-order valence-electron chi connectivity index (χ3n) is 5.95. The van der Waals surface area contributed by atoms with Crippen molar-refractivity contribution in [1.29, 1.82) is 0 Å². The number of hydrogen-bond acceptors (Lipinski definition) is 8. The van der Waals surface area contributed by atoms with E-state index in [9.17, 15) is 0 Å². The highest BCUT2D eigenvalue weighted by atomic mass is 32.1. The van der Waals surface area contributed by atoms with Crippen LogP contribution in [0.1, 0.15) is 38.0 Å². The number of aryl methyl sites for hydroxylation is 1. The lowest BCUT2D eigenvalue weighted by Gasteiger charge is -2.40. The molecule has 2 aliphatic rings. The van der Waals surface area contributed by atoms with Crippen LogP contribution in [0.3, 0.4) is 0 Å². The van der Waals surface area contributed by atoms with Crippen LogP contribution in [0.15, 0.2) is 28.7 Å². The van der Waals surface area contributed by atoms with E-state index in [0.29, 0.717) is 11.8 Å². The summed E-state index contributed by atoms with van der Waals surface area (Å²) < 4.78 is 10.2. The molecule has 1 aromatic carbocycles. The topological polar surface area (TPSA) is 71.2 Å². The van der Waals surface area contributed by atoms with Crippen LogP contribution in [-0.4, -0.2) is 56.7 Å². The molecular formula is C21H26N6OS. The van der Waals surface area contributed by atoms with E-state index in [2.05, 4.69) is 24.4 Å². The average Bonchev–Trinajstić information content (AvgIpc) is 3.44. The fraction of sp³-hybridized carbons (Fsp3) is 0.524. The van der Waals surface area contributed by atoms with Crippen LogP contribution < -0.4 is 4.90 Å². The first-order valence-corrected chi connectivity index (χ1v) is 11.3. The second-order valence-corrected chi connectivity index (χ2v) is 8.65. The number of hydrogen-bond donors (Lipinski definition) is 0. The van der Waals surface area contributed by atoms with Crippen molar-refractivity contribution in [3.63, 3.8) is 0 Å². The van der Waals surface area contributed by atoms with Crippen molar-refractivity contribution in [2.75, 3.05) is 31.1 Å². The van der Waals surface area contributed by atoms with E-state index in [1.54, 1.807) is 6.92 Å². The van der Waals surface area contributed by atoms with Crippen molar-refractivity contribution in [2.24, 2.45) is 0 Å². The van der Waals surface area contributed by atoms with Gasteiger partial charge in [-0.05, 0) is 50.9 Å². The van der Waals surface area contributed by atoms with Gasteiger partial charge < -0.3 is 14.2 Å². The first-order valence-electron chi connectivity index (χ1n) is 10.5. The highest BCUT2D eigenvalue weighted by Gasteiger charge is 2.27. The van der Waals surface area contributed by atoms with Crippen LogP contribution in [0.25, 0.3) is 22.8 Å². The Hall–Kier alpha value is -2.32. The van der Waals surface area contributed by atoms with E-state index in [-0.39, 0.29) is 0 Å². The molecule has 0 amide bonds. The Morgan fingerprint density at radius 1 is 1.00 bits per heavy atom. The molecule has 0 radical (unpaired) electrons. The molecule has 2 aromatic heterocycles. The Balaban J connectivity index is 1.27. The molecular weight excluding hydrogens is 384 g/mol. The van der Waals surface area contributed by atoms with Crippen molar-refractivity contribution in [1.82, 2.24) is 24.5 Å². The number of benzene rings is 1.